The summed E-state index contributed by atoms with van der Waals surface area (Å²) in [6.45, 7) is 0.422. The Labute approximate surface area is 147 Å². The predicted molar refractivity (Wildman–Crippen MR) is 99.3 cm³/mol. The zero-order valence-electron chi connectivity index (χ0n) is 14.0. The van der Waals surface area contributed by atoms with E-state index in [9.17, 15) is 5.11 Å². The van der Waals surface area contributed by atoms with Crippen LogP contribution in [0.5, 0.6) is 0 Å². The number of aliphatic hydroxyl groups is 1. The number of nitrogens with one attached hydrogen (secondary N) is 1. The highest BCUT2D eigenvalue weighted by atomic mass is 16.3. The highest BCUT2D eigenvalue weighted by Crippen LogP contribution is 2.38. The van der Waals surface area contributed by atoms with Crippen molar-refractivity contribution < 1.29 is 5.11 Å². The van der Waals surface area contributed by atoms with Crippen LogP contribution < -0.4 is 5.32 Å². The average molecular weight is 331 g/mol. The molecular formula is C21H21N3O. The van der Waals surface area contributed by atoms with Gasteiger partial charge >= 0.3 is 0 Å². The standard InChI is InChI=1S/C21H21N3O/c25-19(14-23-20-12-13-22-21(24-20)18-10-11-18)17-8-6-16(7-9-17)15-4-2-1-3-5-15/h1-9,12-13,18-19,25H,10-11,14H2,(H,22,23,24). The van der Waals surface area contributed by atoms with Gasteiger partial charge < -0.3 is 10.4 Å². The van der Waals surface area contributed by atoms with Crippen LogP contribution in [0.1, 0.15) is 36.3 Å². The molecule has 1 aliphatic carbocycles. The van der Waals surface area contributed by atoms with E-state index in [1.807, 2.05) is 48.5 Å². The third-order valence-corrected chi connectivity index (χ3v) is 4.50. The molecule has 25 heavy (non-hydrogen) atoms. The summed E-state index contributed by atoms with van der Waals surface area (Å²) in [5, 5.41) is 13.6. The van der Waals surface area contributed by atoms with Gasteiger partial charge in [0.25, 0.3) is 0 Å². The Bertz CT molecular complexity index is 829. The Hall–Kier alpha value is -2.72. The van der Waals surface area contributed by atoms with Crippen LogP contribution in [0.15, 0.2) is 66.9 Å². The van der Waals surface area contributed by atoms with E-state index in [2.05, 4.69) is 27.4 Å². The first-order valence-electron chi connectivity index (χ1n) is 8.70. The number of anilines is 1. The summed E-state index contributed by atoms with van der Waals surface area (Å²) in [7, 11) is 0. The molecule has 1 saturated carbocycles. The molecule has 1 unspecified atom stereocenters. The minimum atomic E-state index is -0.579. The van der Waals surface area contributed by atoms with E-state index in [-0.39, 0.29) is 0 Å². The van der Waals surface area contributed by atoms with E-state index >= 15 is 0 Å². The van der Waals surface area contributed by atoms with Crippen LogP contribution in [0.2, 0.25) is 0 Å². The molecular weight excluding hydrogens is 310 g/mol. The molecule has 126 valence electrons. The second-order valence-electron chi connectivity index (χ2n) is 6.46. The van der Waals surface area contributed by atoms with E-state index in [4.69, 9.17) is 0 Å². The number of hydrogen-bond acceptors (Lipinski definition) is 4. The van der Waals surface area contributed by atoms with Gasteiger partial charge in [-0.05, 0) is 35.6 Å². The van der Waals surface area contributed by atoms with Crippen LogP contribution in [0.4, 0.5) is 5.82 Å². The van der Waals surface area contributed by atoms with Gasteiger partial charge in [0.15, 0.2) is 0 Å². The van der Waals surface area contributed by atoms with E-state index in [1.165, 1.54) is 18.4 Å². The molecule has 2 N–H and O–H groups in total. The van der Waals surface area contributed by atoms with Crippen LogP contribution in [0.3, 0.4) is 0 Å². The summed E-state index contributed by atoms with van der Waals surface area (Å²) >= 11 is 0. The second-order valence-corrected chi connectivity index (χ2v) is 6.46. The Morgan fingerprint density at radius 1 is 0.960 bits per heavy atom. The lowest BCUT2D eigenvalue weighted by Crippen LogP contribution is -2.13. The topological polar surface area (TPSA) is 58.0 Å². The summed E-state index contributed by atoms with van der Waals surface area (Å²) in [4.78, 5) is 8.83. The molecule has 0 spiro atoms. The SMILES string of the molecule is OC(CNc1ccnc(C2CC2)n1)c1ccc(-c2ccccc2)cc1. The smallest absolute Gasteiger partial charge is 0.133 e. The fourth-order valence-electron chi connectivity index (χ4n) is 2.86. The molecule has 4 nitrogen and oxygen atoms in total. The molecule has 0 bridgehead atoms. The quantitative estimate of drug-likeness (QED) is 0.712. The van der Waals surface area contributed by atoms with E-state index in [1.54, 1.807) is 6.20 Å². The van der Waals surface area contributed by atoms with Gasteiger partial charge in [0, 0.05) is 18.7 Å². The van der Waals surface area contributed by atoms with Crippen molar-refractivity contribution in [2.75, 3.05) is 11.9 Å². The maximum atomic E-state index is 10.4. The number of benzene rings is 2. The van der Waals surface area contributed by atoms with E-state index in [0.29, 0.717) is 12.5 Å². The number of nitrogens with zero attached hydrogens (tertiary/aromatic N) is 2. The lowest BCUT2D eigenvalue weighted by molar-refractivity contribution is 0.191. The Kier molecular flexibility index (Phi) is 4.44. The molecule has 1 atom stereocenters. The molecule has 1 aliphatic rings. The van der Waals surface area contributed by atoms with Gasteiger partial charge in [-0.25, -0.2) is 9.97 Å². The van der Waals surface area contributed by atoms with E-state index < -0.39 is 6.10 Å². The molecule has 0 amide bonds. The zero-order valence-corrected chi connectivity index (χ0v) is 14.0. The first-order valence-corrected chi connectivity index (χ1v) is 8.70. The van der Waals surface area contributed by atoms with Crippen molar-refractivity contribution in [1.29, 1.82) is 0 Å². The van der Waals surface area contributed by atoms with Crippen molar-refractivity contribution in [2.45, 2.75) is 24.9 Å². The molecule has 1 fully saturated rings. The average Bonchev–Trinajstić information content (AvgIpc) is 3.52. The fourth-order valence-corrected chi connectivity index (χ4v) is 2.86. The zero-order chi connectivity index (χ0) is 17.1. The largest absolute Gasteiger partial charge is 0.387 e. The minimum Gasteiger partial charge on any atom is -0.387 e. The van der Waals surface area contributed by atoms with Gasteiger partial charge in [0.05, 0.1) is 6.10 Å². The second kappa shape index (κ2) is 7.03. The van der Waals surface area contributed by atoms with Crippen molar-refractivity contribution in [2.24, 2.45) is 0 Å². The van der Waals surface area contributed by atoms with Crippen molar-refractivity contribution in [3.63, 3.8) is 0 Å². The summed E-state index contributed by atoms with van der Waals surface area (Å²) in [5.74, 6) is 2.21. The predicted octanol–water partition coefficient (Wildman–Crippen LogP) is 4.17. The van der Waals surface area contributed by atoms with Crippen molar-refractivity contribution >= 4 is 5.82 Å². The van der Waals surface area contributed by atoms with Crippen molar-refractivity contribution in [1.82, 2.24) is 9.97 Å². The molecule has 2 aromatic carbocycles. The molecule has 0 saturated heterocycles. The maximum absolute atomic E-state index is 10.4. The molecule has 1 aromatic heterocycles. The van der Waals surface area contributed by atoms with Gasteiger partial charge in [-0.2, -0.15) is 0 Å². The molecule has 4 rings (SSSR count). The van der Waals surface area contributed by atoms with Gasteiger partial charge in [0.2, 0.25) is 0 Å². The number of aromatic nitrogens is 2. The summed E-state index contributed by atoms with van der Waals surface area (Å²) in [6, 6.07) is 20.1. The van der Waals surface area contributed by atoms with Crippen LogP contribution in [0, 0.1) is 0 Å². The lowest BCUT2D eigenvalue weighted by Gasteiger charge is -2.13. The Balaban J connectivity index is 1.39. The molecule has 4 heteroatoms. The third kappa shape index (κ3) is 3.86. The van der Waals surface area contributed by atoms with Crippen LogP contribution in [-0.4, -0.2) is 21.6 Å². The molecule has 0 radical (unpaired) electrons. The van der Waals surface area contributed by atoms with Crippen molar-refractivity contribution in [3.8, 4) is 11.1 Å². The van der Waals surface area contributed by atoms with Crippen LogP contribution >= 0.6 is 0 Å². The third-order valence-electron chi connectivity index (χ3n) is 4.50. The highest BCUT2D eigenvalue weighted by molar-refractivity contribution is 5.63. The van der Waals surface area contributed by atoms with Crippen LogP contribution in [-0.2, 0) is 0 Å². The van der Waals surface area contributed by atoms with Gasteiger partial charge in [-0.15, -0.1) is 0 Å². The van der Waals surface area contributed by atoms with Gasteiger partial charge in [-0.1, -0.05) is 54.6 Å². The normalized spacial score (nSPS) is 14.9. The highest BCUT2D eigenvalue weighted by Gasteiger charge is 2.26. The van der Waals surface area contributed by atoms with Gasteiger partial charge in [-0.3, -0.25) is 0 Å². The number of rotatable bonds is 6. The van der Waals surface area contributed by atoms with E-state index in [0.717, 1.165) is 22.8 Å². The summed E-state index contributed by atoms with van der Waals surface area (Å²) in [5.41, 5.74) is 3.22. The van der Waals surface area contributed by atoms with Gasteiger partial charge in [0.1, 0.15) is 11.6 Å². The first-order chi connectivity index (χ1) is 12.3. The summed E-state index contributed by atoms with van der Waals surface area (Å²) < 4.78 is 0. The minimum absolute atomic E-state index is 0.422. The number of hydrogen-bond donors (Lipinski definition) is 2. The Morgan fingerprint density at radius 3 is 2.40 bits per heavy atom. The molecule has 1 heterocycles. The fraction of sp³-hybridized carbons (Fsp3) is 0.238. The Morgan fingerprint density at radius 2 is 1.68 bits per heavy atom. The monoisotopic (exact) mass is 331 g/mol. The van der Waals surface area contributed by atoms with Crippen LogP contribution in [0.25, 0.3) is 11.1 Å². The lowest BCUT2D eigenvalue weighted by atomic mass is 10.0. The molecule has 0 aliphatic heterocycles. The number of aliphatic hydroxyl groups excluding tert-OH is 1. The van der Waals surface area contributed by atoms with Crippen molar-refractivity contribution in [3.05, 3.63) is 78.2 Å². The molecule has 3 aromatic rings. The maximum Gasteiger partial charge on any atom is 0.133 e. The summed E-state index contributed by atoms with van der Waals surface area (Å²) in [6.07, 6.45) is 3.56. The first kappa shape index (κ1) is 15.8.